The summed E-state index contributed by atoms with van der Waals surface area (Å²) < 4.78 is 12.5. The number of ether oxygens (including phenoxy) is 1. The van der Waals surface area contributed by atoms with Gasteiger partial charge in [0.2, 0.25) is 0 Å². The molecule has 1 aliphatic heterocycles. The second-order valence-corrected chi connectivity index (χ2v) is 13.4. The number of methoxy groups -OCH3 is 1. The summed E-state index contributed by atoms with van der Waals surface area (Å²) in [5, 5.41) is 2.29. The summed E-state index contributed by atoms with van der Waals surface area (Å²) in [6, 6.07) is 19.2. The van der Waals surface area contributed by atoms with Crippen molar-refractivity contribution < 1.29 is 9.53 Å². The average Bonchev–Trinajstić information content (AvgIpc) is 3.26. The minimum absolute atomic E-state index is 0.0123. The lowest BCUT2D eigenvalue weighted by molar-refractivity contribution is 0.0700. The Morgan fingerprint density at radius 1 is 0.978 bits per heavy atom. The first kappa shape index (κ1) is 26.7. The molecule has 0 spiro atoms. The Balaban J connectivity index is 1.15. The number of nitrogens with zero attached hydrogens (tertiary/aromatic N) is 6. The van der Waals surface area contributed by atoms with E-state index in [4.69, 9.17) is 20.4 Å². The van der Waals surface area contributed by atoms with Gasteiger partial charge >= 0.3 is 0 Å². The summed E-state index contributed by atoms with van der Waals surface area (Å²) in [4.78, 5) is 26.1. The number of rotatable bonds is 6. The first-order valence-corrected chi connectivity index (χ1v) is 16.0. The number of hydrogen-bond donors (Lipinski definition) is 1. The third kappa shape index (κ3) is 4.06. The van der Waals surface area contributed by atoms with Gasteiger partial charge in [-0.2, -0.15) is 0 Å². The quantitative estimate of drug-likeness (QED) is 0.264. The van der Waals surface area contributed by atoms with Crippen LogP contribution in [-0.4, -0.2) is 60.2 Å². The van der Waals surface area contributed by atoms with Gasteiger partial charge in [0, 0.05) is 72.9 Å². The molecule has 228 valence electrons. The number of fused-ring (bicyclic) bond motifs is 5. The second kappa shape index (κ2) is 9.68. The first-order valence-electron chi connectivity index (χ1n) is 16.0. The molecule has 3 fully saturated rings. The van der Waals surface area contributed by atoms with Gasteiger partial charge in [0.05, 0.1) is 24.0 Å². The van der Waals surface area contributed by atoms with Crippen LogP contribution in [0.2, 0.25) is 0 Å². The number of aromatic nitrogens is 5. The summed E-state index contributed by atoms with van der Waals surface area (Å²) in [5.74, 6) is 2.53. The third-order valence-electron chi connectivity index (χ3n) is 10.6. The van der Waals surface area contributed by atoms with Crippen LogP contribution in [0.15, 0.2) is 60.8 Å². The van der Waals surface area contributed by atoms with Crippen molar-refractivity contribution in [1.82, 2.24) is 28.6 Å². The van der Waals surface area contributed by atoms with E-state index in [1.807, 2.05) is 24.1 Å². The summed E-state index contributed by atoms with van der Waals surface area (Å²) in [6.07, 6.45) is 6.64. The van der Waals surface area contributed by atoms with Crippen molar-refractivity contribution in [1.29, 1.82) is 0 Å². The molecule has 45 heavy (non-hydrogen) atoms. The molecule has 0 radical (unpaired) electrons. The molecule has 2 saturated carbocycles. The molecule has 1 saturated heterocycles. The van der Waals surface area contributed by atoms with Gasteiger partial charge in [0.25, 0.3) is 5.91 Å². The number of imidazole rings is 1. The summed E-state index contributed by atoms with van der Waals surface area (Å²) in [5.41, 5.74) is 13.9. The van der Waals surface area contributed by atoms with Crippen LogP contribution in [-0.2, 0) is 20.6 Å². The Kier molecular flexibility index (Phi) is 5.75. The highest BCUT2D eigenvalue weighted by Gasteiger charge is 2.47. The maximum absolute atomic E-state index is 13.7. The number of likely N-dealkylation sites (tertiary alicyclic amines) is 1. The van der Waals surface area contributed by atoms with Gasteiger partial charge < -0.3 is 29.1 Å². The maximum Gasteiger partial charge on any atom is 0.254 e. The Bertz CT molecular complexity index is 2170. The lowest BCUT2D eigenvalue weighted by atomic mass is 10.1. The van der Waals surface area contributed by atoms with E-state index in [0.29, 0.717) is 23.1 Å². The normalized spacial score (nSPS) is 21.2. The number of benzene rings is 2. The summed E-state index contributed by atoms with van der Waals surface area (Å²) in [6.45, 7) is 1.63. The summed E-state index contributed by atoms with van der Waals surface area (Å²) >= 11 is 0. The van der Waals surface area contributed by atoms with Crippen LogP contribution < -0.4 is 10.5 Å². The molecule has 2 N–H and O–H groups in total. The average molecular weight is 600 g/mol. The predicted molar refractivity (Wildman–Crippen MR) is 176 cm³/mol. The highest BCUT2D eigenvalue weighted by atomic mass is 16.5. The van der Waals surface area contributed by atoms with Crippen molar-refractivity contribution in [3.8, 4) is 28.5 Å². The van der Waals surface area contributed by atoms with E-state index < -0.39 is 0 Å². The molecule has 9 heteroatoms. The highest BCUT2D eigenvalue weighted by molar-refractivity contribution is 6.00. The zero-order chi connectivity index (χ0) is 30.6. The van der Waals surface area contributed by atoms with Crippen LogP contribution in [0.5, 0.6) is 5.75 Å². The van der Waals surface area contributed by atoms with E-state index in [1.54, 1.807) is 7.11 Å². The maximum atomic E-state index is 13.7. The molecular formula is C36H37N7O2. The predicted octanol–water partition coefficient (Wildman–Crippen LogP) is 5.73. The largest absolute Gasteiger partial charge is 0.494 e. The van der Waals surface area contributed by atoms with Gasteiger partial charge in [-0.05, 0) is 86.1 Å². The van der Waals surface area contributed by atoms with Gasteiger partial charge in [-0.1, -0.05) is 6.07 Å². The molecular weight excluding hydrogens is 562 g/mol. The number of hydrogen-bond acceptors (Lipinski definition) is 5. The minimum Gasteiger partial charge on any atom is -0.494 e. The number of piperidine rings is 1. The van der Waals surface area contributed by atoms with E-state index in [0.717, 1.165) is 70.8 Å². The van der Waals surface area contributed by atoms with Crippen LogP contribution in [0.4, 0.5) is 0 Å². The van der Waals surface area contributed by atoms with Crippen molar-refractivity contribution in [3.05, 3.63) is 66.4 Å². The third-order valence-corrected chi connectivity index (χ3v) is 10.6. The van der Waals surface area contributed by atoms with Crippen molar-refractivity contribution in [2.75, 3.05) is 13.7 Å². The van der Waals surface area contributed by atoms with Crippen LogP contribution in [0.3, 0.4) is 0 Å². The van der Waals surface area contributed by atoms with Gasteiger partial charge in [-0.15, -0.1) is 0 Å². The summed E-state index contributed by atoms with van der Waals surface area (Å²) in [7, 11) is 5.76. The standard InChI is InChI=1S/C36H37N7O2/c1-40-13-12-22-14-21(7-10-28(22)40)26-9-6-23-16-30(42(34(23)38-26)18-20-4-5-20)35-39-27-15-25(17-31(45-3)33(27)41(35)2)36(44)43-19-24-8-11-29(43)32(24)37/h6-7,9-10,12-17,20,24,29,32H,4-5,8,11,18-19,37H2,1-3H3/t24-,29-,32-/m1/s1. The molecule has 2 aliphatic carbocycles. The molecule has 1 amide bonds. The van der Waals surface area contributed by atoms with E-state index in [9.17, 15) is 4.79 Å². The lowest BCUT2D eigenvalue weighted by Crippen LogP contribution is -2.41. The molecule has 3 aliphatic rings. The monoisotopic (exact) mass is 599 g/mol. The number of amides is 1. The molecule has 5 heterocycles. The van der Waals surface area contributed by atoms with Gasteiger partial charge in [-0.25, -0.2) is 9.97 Å². The molecule has 3 atom stereocenters. The van der Waals surface area contributed by atoms with Crippen molar-refractivity contribution in [2.45, 2.75) is 44.3 Å². The Labute approximate surface area is 261 Å². The van der Waals surface area contributed by atoms with Crippen molar-refractivity contribution in [2.24, 2.45) is 31.7 Å². The smallest absolute Gasteiger partial charge is 0.254 e. The number of carbonyl (C=O) groups excluding carboxylic acids is 1. The second-order valence-electron chi connectivity index (χ2n) is 13.4. The number of aryl methyl sites for hydroxylation is 2. The van der Waals surface area contributed by atoms with E-state index >= 15 is 0 Å². The fourth-order valence-corrected chi connectivity index (χ4v) is 7.92. The Morgan fingerprint density at radius 3 is 2.60 bits per heavy atom. The topological polar surface area (TPSA) is 96.1 Å². The van der Waals surface area contributed by atoms with Crippen LogP contribution in [0.25, 0.3) is 55.7 Å². The molecule has 2 aromatic carbocycles. The highest BCUT2D eigenvalue weighted by Crippen LogP contribution is 2.40. The molecule has 4 aromatic heterocycles. The Morgan fingerprint density at radius 2 is 1.84 bits per heavy atom. The zero-order valence-electron chi connectivity index (χ0n) is 25.9. The van der Waals surface area contributed by atoms with E-state index in [-0.39, 0.29) is 18.0 Å². The van der Waals surface area contributed by atoms with Crippen molar-refractivity contribution in [3.63, 3.8) is 0 Å². The van der Waals surface area contributed by atoms with Crippen LogP contribution in [0.1, 0.15) is 36.0 Å². The van der Waals surface area contributed by atoms with Gasteiger partial charge in [0.15, 0.2) is 5.82 Å². The van der Waals surface area contributed by atoms with E-state index in [2.05, 4.69) is 69.4 Å². The van der Waals surface area contributed by atoms with Gasteiger partial charge in [0.1, 0.15) is 16.9 Å². The molecule has 0 unspecified atom stereocenters. The SMILES string of the molecule is COc1cc(C(=O)N2C[C@H]3CC[C@@H]2[C@@H]3N)cc2nc(-c3cc4ccc(-c5ccc6c(ccn6C)c5)nc4n3CC3CC3)n(C)c12. The van der Waals surface area contributed by atoms with Gasteiger partial charge in [-0.3, -0.25) is 4.79 Å². The number of pyridine rings is 1. The molecule has 2 bridgehead atoms. The number of carbonyl (C=O) groups is 1. The molecule has 6 aromatic rings. The Hall–Kier alpha value is -4.63. The minimum atomic E-state index is 0.0123. The first-order chi connectivity index (χ1) is 21.9. The fourth-order valence-electron chi connectivity index (χ4n) is 7.92. The fraction of sp³-hybridized carbons (Fsp3) is 0.361. The van der Waals surface area contributed by atoms with E-state index in [1.165, 1.54) is 23.7 Å². The van der Waals surface area contributed by atoms with Crippen molar-refractivity contribution >= 4 is 38.9 Å². The zero-order valence-corrected chi connectivity index (χ0v) is 25.9. The van der Waals surface area contributed by atoms with Crippen LogP contribution >= 0.6 is 0 Å². The number of nitrogens with two attached hydrogens (primary N) is 1. The molecule has 9 rings (SSSR count). The lowest BCUT2D eigenvalue weighted by Gasteiger charge is -2.27. The molecule has 9 nitrogen and oxygen atoms in total. The van der Waals surface area contributed by atoms with Crippen LogP contribution in [0, 0.1) is 11.8 Å².